The first-order valence-corrected chi connectivity index (χ1v) is 5.67. The van der Waals surface area contributed by atoms with Gasteiger partial charge in [0, 0.05) is 12.2 Å². The molecule has 1 rings (SSSR count). The van der Waals surface area contributed by atoms with Crippen molar-refractivity contribution in [1.82, 2.24) is 5.32 Å². The highest BCUT2D eigenvalue weighted by Gasteiger charge is 2.11. The molecule has 0 bridgehead atoms. The lowest BCUT2D eigenvalue weighted by Crippen LogP contribution is -2.28. The summed E-state index contributed by atoms with van der Waals surface area (Å²) in [7, 11) is 0. The van der Waals surface area contributed by atoms with Crippen molar-refractivity contribution in [1.29, 1.82) is 0 Å². The van der Waals surface area contributed by atoms with E-state index in [1.54, 1.807) is 6.08 Å². The van der Waals surface area contributed by atoms with Crippen LogP contribution >= 0.6 is 0 Å². The third kappa shape index (κ3) is 4.55. The van der Waals surface area contributed by atoms with E-state index in [4.69, 9.17) is 10.5 Å². The summed E-state index contributed by atoms with van der Waals surface area (Å²) in [4.78, 5) is 11.6. The Balaban J connectivity index is 2.36. The summed E-state index contributed by atoms with van der Waals surface area (Å²) in [6.07, 6.45) is 2.51. The molecule has 0 unspecified atom stereocenters. The smallest absolute Gasteiger partial charge is 0.254 e. The maximum Gasteiger partial charge on any atom is 0.254 e. The van der Waals surface area contributed by atoms with Gasteiger partial charge in [-0.2, -0.15) is 0 Å². The Morgan fingerprint density at radius 2 is 2.28 bits per heavy atom. The number of carbonyl (C=O) groups excluding carboxylic acids is 1. The van der Waals surface area contributed by atoms with E-state index in [1.165, 1.54) is 18.2 Å². The van der Waals surface area contributed by atoms with E-state index in [-0.39, 0.29) is 5.56 Å². The molecule has 0 aliphatic heterocycles. The molecular weight excluding hydrogens is 235 g/mol. The maximum atomic E-state index is 13.3. The number of rotatable bonds is 7. The minimum atomic E-state index is -0.589. The molecule has 0 aromatic heterocycles. The van der Waals surface area contributed by atoms with Gasteiger partial charge < -0.3 is 15.8 Å². The Labute approximate surface area is 106 Å². The summed E-state index contributed by atoms with van der Waals surface area (Å²) in [6, 6.07) is 3.89. The molecular formula is C13H17FN2O2. The zero-order valence-electron chi connectivity index (χ0n) is 10.1. The van der Waals surface area contributed by atoms with Gasteiger partial charge in [-0.05, 0) is 24.6 Å². The third-order valence-corrected chi connectivity index (χ3v) is 2.23. The number of halogens is 1. The molecule has 98 valence electrons. The number of ether oxygens (including phenoxy) is 1. The van der Waals surface area contributed by atoms with Crippen LogP contribution in [0.2, 0.25) is 0 Å². The molecule has 0 atom stereocenters. The van der Waals surface area contributed by atoms with Gasteiger partial charge in [-0.15, -0.1) is 6.58 Å². The van der Waals surface area contributed by atoms with Crippen LogP contribution in [0.1, 0.15) is 16.8 Å². The Hall–Kier alpha value is -1.88. The van der Waals surface area contributed by atoms with Crippen LogP contribution in [0.25, 0.3) is 0 Å². The Bertz CT molecular complexity index is 421. The van der Waals surface area contributed by atoms with Crippen molar-refractivity contribution in [3.8, 4) is 0 Å². The highest BCUT2D eigenvalue weighted by atomic mass is 19.1. The number of hydrogen-bond donors (Lipinski definition) is 2. The monoisotopic (exact) mass is 252 g/mol. The van der Waals surface area contributed by atoms with E-state index in [9.17, 15) is 9.18 Å². The van der Waals surface area contributed by atoms with Crippen LogP contribution in [-0.4, -0.2) is 25.7 Å². The first-order valence-electron chi connectivity index (χ1n) is 5.67. The molecule has 0 saturated carbocycles. The second-order valence-electron chi connectivity index (χ2n) is 3.68. The predicted molar refractivity (Wildman–Crippen MR) is 68.8 cm³/mol. The van der Waals surface area contributed by atoms with Gasteiger partial charge in [0.25, 0.3) is 5.91 Å². The maximum absolute atomic E-state index is 13.3. The van der Waals surface area contributed by atoms with Crippen LogP contribution in [0, 0.1) is 5.82 Å². The molecule has 0 fully saturated rings. The molecule has 5 heteroatoms. The molecule has 1 aromatic rings. The van der Waals surface area contributed by atoms with E-state index in [0.29, 0.717) is 25.4 Å². The van der Waals surface area contributed by atoms with E-state index in [0.717, 1.165) is 6.42 Å². The number of benzene rings is 1. The summed E-state index contributed by atoms with van der Waals surface area (Å²) in [6.45, 7) is 4.82. The van der Waals surface area contributed by atoms with Gasteiger partial charge in [0.2, 0.25) is 0 Å². The molecule has 4 nitrogen and oxygen atoms in total. The van der Waals surface area contributed by atoms with Gasteiger partial charge in [0.15, 0.2) is 0 Å². The standard InChI is InChI=1S/C13H17FN2O2/c1-2-3-7-18-8-6-16-13(17)11-9-10(15)4-5-12(11)14/h2,4-5,9H,1,3,6-8,15H2,(H,16,17). The molecule has 1 amide bonds. The highest BCUT2D eigenvalue weighted by Crippen LogP contribution is 2.11. The summed E-state index contributed by atoms with van der Waals surface area (Å²) in [5.41, 5.74) is 5.79. The molecule has 0 radical (unpaired) electrons. The first kappa shape index (κ1) is 14.2. The fraction of sp³-hybridized carbons (Fsp3) is 0.308. The molecule has 0 aliphatic carbocycles. The molecule has 0 saturated heterocycles. The summed E-state index contributed by atoms with van der Waals surface area (Å²) in [5.74, 6) is -1.08. The number of anilines is 1. The van der Waals surface area contributed by atoms with Gasteiger partial charge in [-0.25, -0.2) is 4.39 Å². The van der Waals surface area contributed by atoms with Crippen molar-refractivity contribution >= 4 is 11.6 Å². The van der Waals surface area contributed by atoms with E-state index in [2.05, 4.69) is 11.9 Å². The van der Waals surface area contributed by atoms with Crippen LogP contribution < -0.4 is 11.1 Å². The summed E-state index contributed by atoms with van der Waals surface area (Å²) >= 11 is 0. The Kier molecular flexibility index (Phi) is 5.87. The fourth-order valence-electron chi connectivity index (χ4n) is 1.32. The Morgan fingerprint density at radius 3 is 3.00 bits per heavy atom. The van der Waals surface area contributed by atoms with Gasteiger partial charge >= 0.3 is 0 Å². The molecule has 0 heterocycles. The first-order chi connectivity index (χ1) is 8.65. The van der Waals surface area contributed by atoms with Crippen LogP contribution in [0.5, 0.6) is 0 Å². The van der Waals surface area contributed by atoms with Crippen LogP contribution in [0.3, 0.4) is 0 Å². The zero-order chi connectivity index (χ0) is 13.4. The van der Waals surface area contributed by atoms with Crippen molar-refractivity contribution in [3.63, 3.8) is 0 Å². The Morgan fingerprint density at radius 1 is 1.50 bits per heavy atom. The largest absolute Gasteiger partial charge is 0.399 e. The summed E-state index contributed by atoms with van der Waals surface area (Å²) < 4.78 is 18.5. The lowest BCUT2D eigenvalue weighted by molar-refractivity contribution is 0.0914. The van der Waals surface area contributed by atoms with E-state index >= 15 is 0 Å². The zero-order valence-corrected chi connectivity index (χ0v) is 10.1. The summed E-state index contributed by atoms with van der Waals surface area (Å²) in [5, 5.41) is 2.56. The minimum absolute atomic E-state index is 0.0545. The topological polar surface area (TPSA) is 64.3 Å². The SMILES string of the molecule is C=CCCOCCNC(=O)c1cc(N)ccc1F. The fourth-order valence-corrected chi connectivity index (χ4v) is 1.32. The number of amides is 1. The quantitative estimate of drug-likeness (QED) is 0.441. The average Bonchev–Trinajstić information content (AvgIpc) is 2.36. The van der Waals surface area contributed by atoms with Crippen molar-refractivity contribution in [2.24, 2.45) is 0 Å². The normalized spacial score (nSPS) is 10.1. The molecule has 18 heavy (non-hydrogen) atoms. The van der Waals surface area contributed by atoms with E-state index < -0.39 is 11.7 Å². The average molecular weight is 252 g/mol. The molecule has 0 spiro atoms. The van der Waals surface area contributed by atoms with Gasteiger partial charge in [-0.3, -0.25) is 4.79 Å². The third-order valence-electron chi connectivity index (χ3n) is 2.23. The lowest BCUT2D eigenvalue weighted by Gasteiger charge is -2.07. The second kappa shape index (κ2) is 7.45. The number of carbonyl (C=O) groups is 1. The van der Waals surface area contributed by atoms with Crippen molar-refractivity contribution < 1.29 is 13.9 Å². The predicted octanol–water partition coefficient (Wildman–Crippen LogP) is 1.73. The molecule has 1 aromatic carbocycles. The highest BCUT2D eigenvalue weighted by molar-refractivity contribution is 5.95. The lowest BCUT2D eigenvalue weighted by atomic mass is 10.2. The van der Waals surface area contributed by atoms with Crippen LogP contribution in [-0.2, 0) is 4.74 Å². The van der Waals surface area contributed by atoms with Gasteiger partial charge in [0.05, 0.1) is 18.8 Å². The number of nitrogens with two attached hydrogens (primary N) is 1. The van der Waals surface area contributed by atoms with Crippen molar-refractivity contribution in [3.05, 3.63) is 42.2 Å². The number of nitrogen functional groups attached to an aromatic ring is 1. The van der Waals surface area contributed by atoms with Crippen LogP contribution in [0.15, 0.2) is 30.9 Å². The van der Waals surface area contributed by atoms with Gasteiger partial charge in [0.1, 0.15) is 5.82 Å². The molecule has 3 N–H and O–H groups in total. The van der Waals surface area contributed by atoms with Crippen LogP contribution in [0.4, 0.5) is 10.1 Å². The molecule has 0 aliphatic rings. The number of hydrogen-bond acceptors (Lipinski definition) is 3. The van der Waals surface area contributed by atoms with Crippen molar-refractivity contribution in [2.45, 2.75) is 6.42 Å². The van der Waals surface area contributed by atoms with Crippen molar-refractivity contribution in [2.75, 3.05) is 25.5 Å². The second-order valence-corrected chi connectivity index (χ2v) is 3.68. The van der Waals surface area contributed by atoms with E-state index in [1.807, 2.05) is 0 Å². The minimum Gasteiger partial charge on any atom is -0.399 e. The number of nitrogens with one attached hydrogen (secondary N) is 1. The van der Waals surface area contributed by atoms with Gasteiger partial charge in [-0.1, -0.05) is 6.08 Å².